The molecule has 126 valence electrons. The minimum atomic E-state index is -0.195. The third-order valence-corrected chi connectivity index (χ3v) is 3.35. The maximum Gasteiger partial charge on any atom is 0.253 e. The minimum Gasteiger partial charge on any atom is -0.492 e. The van der Waals surface area contributed by atoms with Gasteiger partial charge in [-0.05, 0) is 30.3 Å². The highest BCUT2D eigenvalue weighted by atomic mass is 16.5. The number of carbonyl (C=O) groups is 1. The fourth-order valence-corrected chi connectivity index (χ4v) is 2.19. The second-order valence-corrected chi connectivity index (χ2v) is 5.25. The van der Waals surface area contributed by atoms with Gasteiger partial charge < -0.3 is 15.4 Å². The fraction of sp³-hybridized carbons (Fsp3) is 0.105. The number of hydrogen-bond donors (Lipinski definition) is 2. The quantitative estimate of drug-likeness (QED) is 0.650. The van der Waals surface area contributed by atoms with Gasteiger partial charge in [-0.2, -0.15) is 0 Å². The Kier molecular flexibility index (Phi) is 5.56. The third-order valence-electron chi connectivity index (χ3n) is 3.35. The van der Waals surface area contributed by atoms with Gasteiger partial charge in [-0.3, -0.25) is 14.8 Å². The lowest BCUT2D eigenvalue weighted by atomic mass is 10.2. The molecule has 0 unspecified atom stereocenters. The van der Waals surface area contributed by atoms with Crippen LogP contribution in [0.1, 0.15) is 10.4 Å². The van der Waals surface area contributed by atoms with Crippen LogP contribution in [0.4, 0.5) is 11.4 Å². The molecule has 1 aromatic carbocycles. The molecular formula is C19H18N4O2. The van der Waals surface area contributed by atoms with Crippen LogP contribution in [0.5, 0.6) is 5.75 Å². The lowest BCUT2D eigenvalue weighted by Crippen LogP contribution is -2.28. The van der Waals surface area contributed by atoms with Crippen molar-refractivity contribution in [3.63, 3.8) is 0 Å². The highest BCUT2D eigenvalue weighted by Gasteiger charge is 2.07. The molecule has 0 bridgehead atoms. The van der Waals surface area contributed by atoms with E-state index in [9.17, 15) is 4.79 Å². The molecule has 1 amide bonds. The number of amides is 1. The average molecular weight is 334 g/mol. The molecule has 3 aromatic rings. The Labute approximate surface area is 145 Å². The lowest BCUT2D eigenvalue weighted by molar-refractivity contribution is 0.0946. The summed E-state index contributed by atoms with van der Waals surface area (Å²) in [7, 11) is 0. The van der Waals surface area contributed by atoms with E-state index in [4.69, 9.17) is 4.74 Å². The smallest absolute Gasteiger partial charge is 0.253 e. The van der Waals surface area contributed by atoms with Gasteiger partial charge in [0.25, 0.3) is 5.91 Å². The van der Waals surface area contributed by atoms with E-state index in [1.165, 1.54) is 6.20 Å². The molecule has 6 heteroatoms. The van der Waals surface area contributed by atoms with Crippen LogP contribution in [-0.2, 0) is 0 Å². The first-order valence-electron chi connectivity index (χ1n) is 7.89. The fourth-order valence-electron chi connectivity index (χ4n) is 2.19. The van der Waals surface area contributed by atoms with Gasteiger partial charge in [0.15, 0.2) is 0 Å². The van der Waals surface area contributed by atoms with Crippen LogP contribution in [-0.4, -0.2) is 29.0 Å². The van der Waals surface area contributed by atoms with Crippen LogP contribution < -0.4 is 15.4 Å². The summed E-state index contributed by atoms with van der Waals surface area (Å²) in [5, 5.41) is 5.97. The molecule has 0 aliphatic rings. The zero-order valence-electron chi connectivity index (χ0n) is 13.6. The number of aromatic nitrogens is 2. The molecule has 2 aromatic heterocycles. The number of para-hydroxylation sites is 1. The summed E-state index contributed by atoms with van der Waals surface area (Å²) in [6, 6.07) is 14.9. The molecular weight excluding hydrogens is 316 g/mol. The maximum absolute atomic E-state index is 12.2. The van der Waals surface area contributed by atoms with E-state index in [0.29, 0.717) is 18.7 Å². The van der Waals surface area contributed by atoms with E-state index in [2.05, 4.69) is 20.6 Å². The molecule has 0 spiro atoms. The summed E-state index contributed by atoms with van der Waals surface area (Å²) in [6.07, 6.45) is 6.59. The summed E-state index contributed by atoms with van der Waals surface area (Å²) in [5.74, 6) is 0.583. The number of nitrogens with zero attached hydrogens (tertiary/aromatic N) is 2. The zero-order chi connectivity index (χ0) is 17.3. The van der Waals surface area contributed by atoms with Crippen LogP contribution in [0.25, 0.3) is 0 Å². The Morgan fingerprint density at radius 3 is 2.60 bits per heavy atom. The summed E-state index contributed by atoms with van der Waals surface area (Å²) >= 11 is 0. The molecule has 0 saturated heterocycles. The van der Waals surface area contributed by atoms with Crippen molar-refractivity contribution in [3.05, 3.63) is 78.9 Å². The predicted molar refractivity (Wildman–Crippen MR) is 96.0 cm³/mol. The Bertz CT molecular complexity index is 810. The van der Waals surface area contributed by atoms with E-state index in [1.807, 2.05) is 42.5 Å². The van der Waals surface area contributed by atoms with Crippen molar-refractivity contribution in [1.29, 1.82) is 0 Å². The molecule has 2 heterocycles. The second-order valence-electron chi connectivity index (χ2n) is 5.25. The SMILES string of the molecule is O=C(NCCOc1ccccc1)c1cncc(Nc2cccnc2)c1. The van der Waals surface area contributed by atoms with Gasteiger partial charge in [0.05, 0.1) is 35.9 Å². The van der Waals surface area contributed by atoms with Crippen LogP contribution in [0.15, 0.2) is 73.3 Å². The molecule has 0 aliphatic heterocycles. The Balaban J connectivity index is 1.51. The summed E-state index contributed by atoms with van der Waals surface area (Å²) in [6.45, 7) is 0.810. The number of nitrogens with one attached hydrogen (secondary N) is 2. The van der Waals surface area contributed by atoms with Crippen molar-refractivity contribution in [3.8, 4) is 5.75 Å². The first kappa shape index (κ1) is 16.4. The predicted octanol–water partition coefficient (Wildman–Crippen LogP) is 3.03. The van der Waals surface area contributed by atoms with E-state index in [0.717, 1.165) is 17.1 Å². The number of rotatable bonds is 7. The highest BCUT2D eigenvalue weighted by molar-refractivity contribution is 5.94. The molecule has 0 atom stereocenters. The average Bonchev–Trinajstić information content (AvgIpc) is 2.67. The number of pyridine rings is 2. The van der Waals surface area contributed by atoms with Gasteiger partial charge in [-0.25, -0.2) is 0 Å². The van der Waals surface area contributed by atoms with Crippen molar-refractivity contribution in [1.82, 2.24) is 15.3 Å². The Morgan fingerprint density at radius 1 is 0.960 bits per heavy atom. The van der Waals surface area contributed by atoms with Crippen LogP contribution in [0.2, 0.25) is 0 Å². The molecule has 2 N–H and O–H groups in total. The van der Waals surface area contributed by atoms with E-state index in [-0.39, 0.29) is 5.91 Å². The molecule has 25 heavy (non-hydrogen) atoms. The first-order valence-corrected chi connectivity index (χ1v) is 7.89. The second kappa shape index (κ2) is 8.44. The van der Waals surface area contributed by atoms with Gasteiger partial charge in [-0.1, -0.05) is 18.2 Å². The van der Waals surface area contributed by atoms with Crippen molar-refractivity contribution in [2.24, 2.45) is 0 Å². The maximum atomic E-state index is 12.2. The van der Waals surface area contributed by atoms with Crippen molar-refractivity contribution in [2.75, 3.05) is 18.5 Å². The first-order chi connectivity index (χ1) is 12.3. The molecule has 0 saturated carbocycles. The van der Waals surface area contributed by atoms with Gasteiger partial charge in [0.1, 0.15) is 12.4 Å². The molecule has 0 aliphatic carbocycles. The molecule has 0 radical (unpaired) electrons. The van der Waals surface area contributed by atoms with Crippen molar-refractivity contribution >= 4 is 17.3 Å². The van der Waals surface area contributed by atoms with Gasteiger partial charge in [0, 0.05) is 12.4 Å². The third kappa shape index (κ3) is 5.04. The number of ether oxygens (including phenoxy) is 1. The largest absolute Gasteiger partial charge is 0.492 e. The summed E-state index contributed by atoms with van der Waals surface area (Å²) in [5.41, 5.74) is 2.04. The topological polar surface area (TPSA) is 76.1 Å². The monoisotopic (exact) mass is 334 g/mol. The van der Waals surface area contributed by atoms with Gasteiger partial charge in [0.2, 0.25) is 0 Å². The standard InChI is InChI=1S/C19H18N4O2/c24-19(22-9-10-25-18-6-2-1-3-7-18)15-11-17(14-21-12-15)23-16-5-4-8-20-13-16/h1-8,11-14,23H,9-10H2,(H,22,24). The Morgan fingerprint density at radius 2 is 1.80 bits per heavy atom. The zero-order valence-corrected chi connectivity index (χ0v) is 13.6. The lowest BCUT2D eigenvalue weighted by Gasteiger charge is -2.09. The Hall–Kier alpha value is -3.41. The van der Waals surface area contributed by atoms with Gasteiger partial charge in [-0.15, -0.1) is 0 Å². The highest BCUT2D eigenvalue weighted by Crippen LogP contribution is 2.15. The summed E-state index contributed by atoms with van der Waals surface area (Å²) < 4.78 is 5.55. The van der Waals surface area contributed by atoms with Crippen molar-refractivity contribution < 1.29 is 9.53 Å². The molecule has 3 rings (SSSR count). The molecule has 6 nitrogen and oxygen atoms in total. The van der Waals surface area contributed by atoms with E-state index < -0.39 is 0 Å². The van der Waals surface area contributed by atoms with Crippen molar-refractivity contribution in [2.45, 2.75) is 0 Å². The van der Waals surface area contributed by atoms with Crippen LogP contribution >= 0.6 is 0 Å². The van der Waals surface area contributed by atoms with Crippen LogP contribution in [0.3, 0.4) is 0 Å². The number of anilines is 2. The van der Waals surface area contributed by atoms with E-state index in [1.54, 1.807) is 24.7 Å². The normalized spacial score (nSPS) is 10.1. The number of carbonyl (C=O) groups excluding carboxylic acids is 1. The van der Waals surface area contributed by atoms with Crippen LogP contribution in [0, 0.1) is 0 Å². The minimum absolute atomic E-state index is 0.195. The number of hydrogen-bond acceptors (Lipinski definition) is 5. The summed E-state index contributed by atoms with van der Waals surface area (Å²) in [4.78, 5) is 20.4. The van der Waals surface area contributed by atoms with Gasteiger partial charge >= 0.3 is 0 Å². The molecule has 0 fully saturated rings. The van der Waals surface area contributed by atoms with E-state index >= 15 is 0 Å². The number of benzene rings is 1.